The first-order valence-electron chi connectivity index (χ1n) is 4.57. The molecule has 0 radical (unpaired) electrons. The molecule has 1 aliphatic rings. The van der Waals surface area contributed by atoms with Crippen molar-refractivity contribution in [3.63, 3.8) is 0 Å². The van der Waals surface area contributed by atoms with Gasteiger partial charge in [-0.2, -0.15) is 8.42 Å². The van der Waals surface area contributed by atoms with Crippen molar-refractivity contribution in [3.8, 4) is 0 Å². The Hall–Kier alpha value is 0.610. The van der Waals surface area contributed by atoms with Crippen LogP contribution in [0.25, 0.3) is 0 Å². The third kappa shape index (κ3) is 5.05. The van der Waals surface area contributed by atoms with E-state index < -0.39 is 50.3 Å². The zero-order chi connectivity index (χ0) is 16.9. The third-order valence-electron chi connectivity index (χ3n) is 2.50. The van der Waals surface area contributed by atoms with Gasteiger partial charge >= 0.3 is 64.0 Å². The number of nitrogens with zero attached hydrogens (tertiary/aromatic N) is 1. The Bertz CT molecular complexity index is 855. The minimum atomic E-state index is -6.02. The van der Waals surface area contributed by atoms with Gasteiger partial charge in [-0.3, -0.25) is 14.7 Å². The van der Waals surface area contributed by atoms with Crippen LogP contribution in [0.5, 0.6) is 0 Å². The maximum Gasteiger partial charge on any atom is 1.00 e. The molecule has 2 atom stereocenters. The Kier molecular flexibility index (Phi) is 8.85. The molecule has 0 amide bonds. The quantitative estimate of drug-likeness (QED) is 0.199. The van der Waals surface area contributed by atoms with Crippen molar-refractivity contribution in [2.45, 2.75) is 10.1 Å². The van der Waals surface area contributed by atoms with E-state index >= 15 is 0 Å². The van der Waals surface area contributed by atoms with Gasteiger partial charge in [-0.15, -0.1) is 0 Å². The van der Waals surface area contributed by atoms with Crippen LogP contribution in [0, 0.1) is 10.1 Å². The number of hydrogen-bond donors (Lipinski definition) is 1. The van der Waals surface area contributed by atoms with Gasteiger partial charge in [-0.25, -0.2) is 16.8 Å². The summed E-state index contributed by atoms with van der Waals surface area (Å²) < 4.78 is 96.6. The van der Waals surface area contributed by atoms with E-state index in [4.69, 9.17) is 4.55 Å². The molecule has 0 saturated carbocycles. The minimum absolute atomic E-state index is 0. The normalized spacial score (nSPS) is 24.8. The van der Waals surface area contributed by atoms with E-state index in [1.807, 2.05) is 0 Å². The molecule has 0 saturated heterocycles. The topological polar surface area (TPSA) is 212 Å². The van der Waals surface area contributed by atoms with Gasteiger partial charge in [0.05, 0.1) is 4.91 Å². The molecule has 1 N–H and O–H groups in total. The van der Waals surface area contributed by atoms with Crippen molar-refractivity contribution >= 4 is 30.4 Å². The second-order valence-electron chi connectivity index (χ2n) is 3.75. The Balaban J connectivity index is 0. The van der Waals surface area contributed by atoms with Gasteiger partial charge in [0.25, 0.3) is 10.1 Å². The van der Waals surface area contributed by atoms with E-state index in [0.29, 0.717) is 0 Å². The van der Waals surface area contributed by atoms with Crippen LogP contribution in [-0.2, 0) is 30.4 Å². The Morgan fingerprint density at radius 1 is 1.09 bits per heavy atom. The molecule has 23 heavy (non-hydrogen) atoms. The Labute approximate surface area is 175 Å². The van der Waals surface area contributed by atoms with E-state index in [1.54, 1.807) is 0 Å². The van der Waals surface area contributed by atoms with Gasteiger partial charge in [-0.1, -0.05) is 0 Å². The SMILES string of the molecule is O=[N+]([O-])C1(S(=O)(=O)[O-])C=CC(S(=O)(=O)O)=CC1S(=O)(=O)[O-].[Na+].[Na+]. The molecule has 0 bridgehead atoms. The second-order valence-corrected chi connectivity index (χ2v) is 8.23. The van der Waals surface area contributed by atoms with Crippen LogP contribution < -0.4 is 59.1 Å². The summed E-state index contributed by atoms with van der Waals surface area (Å²) in [7, 11) is -16.9. The Morgan fingerprint density at radius 3 is 1.78 bits per heavy atom. The van der Waals surface area contributed by atoms with Crippen LogP contribution in [0.4, 0.5) is 0 Å². The molecule has 0 aromatic heterocycles. The van der Waals surface area contributed by atoms with Crippen molar-refractivity contribution in [1.29, 1.82) is 0 Å². The summed E-state index contributed by atoms with van der Waals surface area (Å²) in [6, 6.07) is 0. The summed E-state index contributed by atoms with van der Waals surface area (Å²) in [6.07, 6.45) is -0.191. The van der Waals surface area contributed by atoms with E-state index in [-0.39, 0.29) is 77.3 Å². The second kappa shape index (κ2) is 7.88. The molecule has 1 aliphatic carbocycles. The van der Waals surface area contributed by atoms with Crippen LogP contribution in [0.3, 0.4) is 0 Å². The van der Waals surface area contributed by atoms with E-state index in [0.717, 1.165) is 0 Å². The molecule has 17 heteroatoms. The van der Waals surface area contributed by atoms with Crippen molar-refractivity contribution < 1.29 is 103 Å². The molecule has 2 unspecified atom stereocenters. The fraction of sp³-hybridized carbons (Fsp3) is 0.333. The van der Waals surface area contributed by atoms with Crippen LogP contribution in [0.1, 0.15) is 0 Å². The third-order valence-corrected chi connectivity index (χ3v) is 5.98. The Morgan fingerprint density at radius 2 is 1.52 bits per heavy atom. The van der Waals surface area contributed by atoms with E-state index in [9.17, 15) is 44.5 Å². The van der Waals surface area contributed by atoms with Crippen LogP contribution >= 0.6 is 0 Å². The summed E-state index contributed by atoms with van der Waals surface area (Å²) in [5.74, 6) is 0. The van der Waals surface area contributed by atoms with Crippen LogP contribution in [0.15, 0.2) is 23.1 Å². The van der Waals surface area contributed by atoms with Crippen LogP contribution in [-0.4, -0.2) is 54.0 Å². The monoisotopic (exact) mass is 409 g/mol. The molecule has 0 aromatic carbocycles. The summed E-state index contributed by atoms with van der Waals surface area (Å²) in [4.78, 5) is 3.84. The summed E-state index contributed by atoms with van der Waals surface area (Å²) >= 11 is 0. The number of allylic oxidation sites excluding steroid dienone is 1. The molecule has 0 spiro atoms. The average molecular weight is 409 g/mol. The van der Waals surface area contributed by atoms with Gasteiger partial charge in [-0.05, 0) is 12.2 Å². The summed E-state index contributed by atoms with van der Waals surface area (Å²) in [5.41, 5.74) is 0. The van der Waals surface area contributed by atoms with E-state index in [2.05, 4.69) is 0 Å². The molecular weight excluding hydrogens is 404 g/mol. The predicted molar refractivity (Wildman–Crippen MR) is 61.7 cm³/mol. The number of rotatable bonds is 4. The van der Waals surface area contributed by atoms with Crippen molar-refractivity contribution in [2.75, 3.05) is 0 Å². The van der Waals surface area contributed by atoms with Crippen molar-refractivity contribution in [1.82, 2.24) is 0 Å². The number of nitro groups is 1. The zero-order valence-electron chi connectivity index (χ0n) is 11.5. The fourth-order valence-electron chi connectivity index (χ4n) is 1.56. The maximum absolute atomic E-state index is 11.1. The molecule has 120 valence electrons. The van der Waals surface area contributed by atoms with Crippen molar-refractivity contribution in [3.05, 3.63) is 33.2 Å². The average Bonchev–Trinajstić information content (AvgIpc) is 2.23. The predicted octanol–water partition coefficient (Wildman–Crippen LogP) is -8.23. The van der Waals surface area contributed by atoms with Gasteiger partial charge in [0.1, 0.15) is 10.1 Å². The molecule has 0 aromatic rings. The zero-order valence-corrected chi connectivity index (χ0v) is 18.0. The smallest absolute Gasteiger partial charge is 0.747 e. The minimum Gasteiger partial charge on any atom is -0.747 e. The first-order valence-corrected chi connectivity index (χ1v) is 8.89. The first-order chi connectivity index (χ1) is 9.14. The van der Waals surface area contributed by atoms with E-state index in [1.165, 1.54) is 0 Å². The number of hydrogen-bond acceptors (Lipinski definition) is 10. The van der Waals surface area contributed by atoms with Crippen LogP contribution in [0.2, 0.25) is 0 Å². The maximum atomic E-state index is 11.1. The molecular formula is C6H5NNa2O11S3. The molecule has 1 rings (SSSR count). The van der Waals surface area contributed by atoms with Gasteiger partial charge < -0.3 is 9.11 Å². The molecule has 0 fully saturated rings. The van der Waals surface area contributed by atoms with Crippen molar-refractivity contribution in [2.24, 2.45) is 0 Å². The van der Waals surface area contributed by atoms with Gasteiger partial charge in [0.2, 0.25) is 0 Å². The molecule has 12 nitrogen and oxygen atoms in total. The standard InChI is InChI=1S/C6H7NO11S3.2Na/c8-7(9)6(21(16,17)18)2-1-4(19(10,11)12)3-5(6)20(13,14)15;;/h1-3,5H,(H,10,11,12)(H,13,14,15)(H,16,17,18);;/q;2*+1/p-2. The summed E-state index contributed by atoms with van der Waals surface area (Å²) in [6.45, 7) is 0. The van der Waals surface area contributed by atoms with Gasteiger partial charge in [0, 0.05) is 11.0 Å². The van der Waals surface area contributed by atoms with Gasteiger partial charge in [0.15, 0.2) is 15.4 Å². The summed E-state index contributed by atoms with van der Waals surface area (Å²) in [5, 5.41) is 7.70. The fourth-order valence-corrected chi connectivity index (χ4v) is 4.57. The molecule has 0 heterocycles. The largest absolute Gasteiger partial charge is 1.00 e. The molecule has 0 aliphatic heterocycles. The first kappa shape index (κ1) is 25.8.